The number of carbonyl (C=O) groups excluding carboxylic acids is 1. The Kier molecular flexibility index (Phi) is 5.50. The molecular formula is C15H18F2O4. The first kappa shape index (κ1) is 15.7. The average Bonchev–Trinajstić information content (AvgIpc) is 2.65. The molecule has 0 spiro atoms. The van der Waals surface area contributed by atoms with Crippen LogP contribution in [0.15, 0.2) is 18.2 Å². The molecule has 1 aromatic rings. The summed E-state index contributed by atoms with van der Waals surface area (Å²) >= 11 is 0. The first-order valence-electron chi connectivity index (χ1n) is 6.85. The molecule has 0 fully saturated rings. The highest BCUT2D eigenvalue weighted by Crippen LogP contribution is 2.31. The molecule has 0 saturated carbocycles. The van der Waals surface area contributed by atoms with Gasteiger partial charge in [0.15, 0.2) is 17.3 Å². The summed E-state index contributed by atoms with van der Waals surface area (Å²) in [6.45, 7) is 2.45. The summed E-state index contributed by atoms with van der Waals surface area (Å²) in [5, 5.41) is 0. The lowest BCUT2D eigenvalue weighted by molar-refractivity contribution is 0.0170. The molecule has 0 aromatic heterocycles. The number of fused-ring (bicyclic) bond motifs is 1. The van der Waals surface area contributed by atoms with Gasteiger partial charge in [-0.25, -0.2) is 8.78 Å². The van der Waals surface area contributed by atoms with E-state index in [0.717, 1.165) is 0 Å². The maximum atomic E-state index is 12.0. The zero-order valence-corrected chi connectivity index (χ0v) is 11.8. The molecule has 0 amide bonds. The van der Waals surface area contributed by atoms with Crippen LogP contribution >= 0.6 is 0 Å². The van der Waals surface area contributed by atoms with Crippen LogP contribution in [0.25, 0.3) is 0 Å². The fourth-order valence-electron chi connectivity index (χ4n) is 1.91. The van der Waals surface area contributed by atoms with E-state index in [4.69, 9.17) is 14.2 Å². The van der Waals surface area contributed by atoms with Gasteiger partial charge >= 0.3 is 0 Å². The number of rotatable bonds is 6. The minimum Gasteiger partial charge on any atom is -0.489 e. The van der Waals surface area contributed by atoms with Gasteiger partial charge in [-0.2, -0.15) is 0 Å². The van der Waals surface area contributed by atoms with Gasteiger partial charge in [0, 0.05) is 17.9 Å². The van der Waals surface area contributed by atoms with Gasteiger partial charge in [0.1, 0.15) is 6.61 Å². The van der Waals surface area contributed by atoms with Gasteiger partial charge in [-0.05, 0) is 18.2 Å². The number of alkyl halides is 2. The third kappa shape index (κ3) is 4.67. The SMILES string of the molecule is CC1COc2ccc(C(=O)CCOCC(F)F)cc2OC1. The molecule has 1 aliphatic heterocycles. The average molecular weight is 300 g/mol. The van der Waals surface area contributed by atoms with E-state index in [9.17, 15) is 13.6 Å². The summed E-state index contributed by atoms with van der Waals surface area (Å²) < 4.78 is 39.7. The van der Waals surface area contributed by atoms with E-state index in [2.05, 4.69) is 0 Å². The Labute approximate surface area is 122 Å². The molecule has 4 nitrogen and oxygen atoms in total. The molecule has 1 aliphatic rings. The molecule has 0 N–H and O–H groups in total. The highest BCUT2D eigenvalue weighted by molar-refractivity contribution is 5.96. The molecular weight excluding hydrogens is 282 g/mol. The number of ketones is 1. The summed E-state index contributed by atoms with van der Waals surface area (Å²) in [4.78, 5) is 12.0. The second kappa shape index (κ2) is 7.36. The first-order chi connectivity index (χ1) is 10.1. The zero-order chi connectivity index (χ0) is 15.2. The predicted octanol–water partition coefficient (Wildman–Crippen LogP) is 2.95. The van der Waals surface area contributed by atoms with Crippen molar-refractivity contribution in [1.82, 2.24) is 0 Å². The van der Waals surface area contributed by atoms with Crippen LogP contribution in [0.5, 0.6) is 11.5 Å². The summed E-state index contributed by atoms with van der Waals surface area (Å²) in [6, 6.07) is 4.97. The lowest BCUT2D eigenvalue weighted by Crippen LogP contribution is -2.12. The van der Waals surface area contributed by atoms with Crippen LogP contribution in [0.4, 0.5) is 8.78 Å². The molecule has 1 unspecified atom stereocenters. The fourth-order valence-corrected chi connectivity index (χ4v) is 1.91. The molecule has 116 valence electrons. The number of ether oxygens (including phenoxy) is 3. The molecule has 1 atom stereocenters. The number of halogens is 2. The van der Waals surface area contributed by atoms with Crippen molar-refractivity contribution in [2.75, 3.05) is 26.4 Å². The molecule has 6 heteroatoms. The van der Waals surface area contributed by atoms with Crippen molar-refractivity contribution in [3.05, 3.63) is 23.8 Å². The van der Waals surface area contributed by atoms with E-state index < -0.39 is 13.0 Å². The zero-order valence-electron chi connectivity index (χ0n) is 11.8. The van der Waals surface area contributed by atoms with Crippen LogP contribution in [0.1, 0.15) is 23.7 Å². The van der Waals surface area contributed by atoms with E-state index in [1.165, 1.54) is 0 Å². The van der Waals surface area contributed by atoms with Crippen molar-refractivity contribution in [2.24, 2.45) is 5.92 Å². The van der Waals surface area contributed by atoms with Crippen LogP contribution in [-0.4, -0.2) is 38.6 Å². The molecule has 2 rings (SSSR count). The van der Waals surface area contributed by atoms with Gasteiger partial charge in [0.05, 0.1) is 19.8 Å². The van der Waals surface area contributed by atoms with Gasteiger partial charge in [0.2, 0.25) is 0 Å². The highest BCUT2D eigenvalue weighted by Gasteiger charge is 2.17. The van der Waals surface area contributed by atoms with E-state index in [1.807, 2.05) is 6.92 Å². The van der Waals surface area contributed by atoms with Crippen LogP contribution in [-0.2, 0) is 4.74 Å². The third-order valence-corrected chi connectivity index (χ3v) is 3.03. The first-order valence-corrected chi connectivity index (χ1v) is 6.85. The maximum Gasteiger partial charge on any atom is 0.261 e. The van der Waals surface area contributed by atoms with E-state index in [-0.39, 0.29) is 24.7 Å². The van der Waals surface area contributed by atoms with E-state index in [1.54, 1.807) is 18.2 Å². The molecule has 21 heavy (non-hydrogen) atoms. The molecule has 1 heterocycles. The van der Waals surface area contributed by atoms with Crippen LogP contribution < -0.4 is 9.47 Å². The largest absolute Gasteiger partial charge is 0.489 e. The van der Waals surface area contributed by atoms with Crippen molar-refractivity contribution in [3.63, 3.8) is 0 Å². The third-order valence-electron chi connectivity index (χ3n) is 3.03. The lowest BCUT2D eigenvalue weighted by Gasteiger charge is -2.09. The van der Waals surface area contributed by atoms with Crippen LogP contribution in [0.3, 0.4) is 0 Å². The van der Waals surface area contributed by atoms with Gasteiger partial charge in [-0.3, -0.25) is 4.79 Å². The standard InChI is InChI=1S/C15H18F2O4/c1-10-7-20-13-3-2-11(6-14(13)21-8-10)12(18)4-5-19-9-15(16)17/h2-3,6,10,15H,4-5,7-9H2,1H3. The Morgan fingerprint density at radius 1 is 1.33 bits per heavy atom. The quantitative estimate of drug-likeness (QED) is 0.598. The minimum absolute atomic E-state index is 0.0192. The second-order valence-electron chi connectivity index (χ2n) is 5.03. The Morgan fingerprint density at radius 3 is 2.76 bits per heavy atom. The second-order valence-corrected chi connectivity index (χ2v) is 5.03. The summed E-state index contributed by atoms with van der Waals surface area (Å²) in [5.74, 6) is 1.26. The summed E-state index contributed by atoms with van der Waals surface area (Å²) in [6.07, 6.45) is -2.46. The molecule has 0 radical (unpaired) electrons. The Bertz CT molecular complexity index is 491. The molecule has 1 aromatic carbocycles. The van der Waals surface area contributed by atoms with Gasteiger partial charge in [-0.1, -0.05) is 6.92 Å². The smallest absolute Gasteiger partial charge is 0.261 e. The Hall–Kier alpha value is -1.69. The number of hydrogen-bond donors (Lipinski definition) is 0. The summed E-state index contributed by atoms with van der Waals surface area (Å²) in [5.41, 5.74) is 0.465. The van der Waals surface area contributed by atoms with E-state index in [0.29, 0.717) is 30.3 Å². The summed E-state index contributed by atoms with van der Waals surface area (Å²) in [7, 11) is 0. The topological polar surface area (TPSA) is 44.8 Å². The van der Waals surface area contributed by atoms with Crippen LogP contribution in [0.2, 0.25) is 0 Å². The normalized spacial score (nSPS) is 17.6. The predicted molar refractivity (Wildman–Crippen MR) is 72.4 cm³/mol. The molecule has 0 saturated heterocycles. The van der Waals surface area contributed by atoms with Crippen molar-refractivity contribution in [2.45, 2.75) is 19.8 Å². The lowest BCUT2D eigenvalue weighted by atomic mass is 10.1. The van der Waals surface area contributed by atoms with Crippen molar-refractivity contribution >= 4 is 5.78 Å². The maximum absolute atomic E-state index is 12.0. The number of Topliss-reactive ketones (excluding diaryl/α,β-unsaturated/α-hetero) is 1. The van der Waals surface area contributed by atoms with Crippen molar-refractivity contribution < 1.29 is 27.8 Å². The van der Waals surface area contributed by atoms with Crippen LogP contribution in [0, 0.1) is 5.92 Å². The van der Waals surface area contributed by atoms with E-state index >= 15 is 0 Å². The van der Waals surface area contributed by atoms with Gasteiger partial charge in [-0.15, -0.1) is 0 Å². The Morgan fingerprint density at radius 2 is 2.05 bits per heavy atom. The molecule has 0 aliphatic carbocycles. The van der Waals surface area contributed by atoms with Crippen molar-refractivity contribution in [3.8, 4) is 11.5 Å². The number of carbonyl (C=O) groups is 1. The van der Waals surface area contributed by atoms with Crippen molar-refractivity contribution in [1.29, 1.82) is 0 Å². The number of hydrogen-bond acceptors (Lipinski definition) is 4. The Balaban J connectivity index is 1.93. The fraction of sp³-hybridized carbons (Fsp3) is 0.533. The van der Waals surface area contributed by atoms with Gasteiger partial charge < -0.3 is 14.2 Å². The number of benzene rings is 1. The minimum atomic E-state index is -2.51. The molecule has 0 bridgehead atoms. The van der Waals surface area contributed by atoms with Gasteiger partial charge in [0.25, 0.3) is 6.43 Å². The highest BCUT2D eigenvalue weighted by atomic mass is 19.3. The monoisotopic (exact) mass is 300 g/mol.